The predicted octanol–water partition coefficient (Wildman–Crippen LogP) is 1.08. The molecule has 0 atom stereocenters. The predicted molar refractivity (Wildman–Crippen MR) is 87.7 cm³/mol. The Bertz CT molecular complexity index is 889. The Morgan fingerprint density at radius 1 is 1.18 bits per heavy atom. The molecule has 0 unspecified atom stereocenters. The molecule has 2 aromatic heterocycles. The third-order valence-electron chi connectivity index (χ3n) is 4.30. The van der Waals surface area contributed by atoms with Gasteiger partial charge in [-0.3, -0.25) is 4.79 Å². The molecule has 0 amide bonds. The molecule has 0 saturated carbocycles. The van der Waals surface area contributed by atoms with Crippen LogP contribution in [-0.4, -0.2) is 40.1 Å². The van der Waals surface area contributed by atoms with E-state index in [0.29, 0.717) is 0 Å². The molecule has 3 aromatic rings. The molecule has 22 heavy (non-hydrogen) atoms. The molecule has 1 saturated heterocycles. The van der Waals surface area contributed by atoms with Crippen LogP contribution >= 0.6 is 0 Å². The molecule has 4 rings (SSSR count). The SMILES string of the molecule is CCn1c2ccccc2n2c(=O)cc(N3CCNCC3)nc12. The zero-order valence-electron chi connectivity index (χ0n) is 12.6. The van der Waals surface area contributed by atoms with Crippen LogP contribution in [0.5, 0.6) is 0 Å². The summed E-state index contributed by atoms with van der Waals surface area (Å²) in [4.78, 5) is 19.6. The first kappa shape index (κ1) is 13.3. The first-order chi connectivity index (χ1) is 10.8. The molecule has 0 spiro atoms. The number of hydrogen-bond acceptors (Lipinski definition) is 4. The number of nitrogens with zero attached hydrogens (tertiary/aromatic N) is 4. The summed E-state index contributed by atoms with van der Waals surface area (Å²) < 4.78 is 3.81. The minimum Gasteiger partial charge on any atom is -0.354 e. The summed E-state index contributed by atoms with van der Waals surface area (Å²) in [5.41, 5.74) is 1.96. The van der Waals surface area contributed by atoms with Crippen LogP contribution in [0.2, 0.25) is 0 Å². The molecule has 1 aliphatic heterocycles. The van der Waals surface area contributed by atoms with Gasteiger partial charge in [-0.15, -0.1) is 0 Å². The molecule has 1 aromatic carbocycles. The van der Waals surface area contributed by atoms with E-state index in [4.69, 9.17) is 4.98 Å². The van der Waals surface area contributed by atoms with E-state index in [0.717, 1.165) is 55.4 Å². The zero-order valence-corrected chi connectivity index (χ0v) is 12.6. The van der Waals surface area contributed by atoms with Crippen molar-refractivity contribution in [2.24, 2.45) is 0 Å². The highest BCUT2D eigenvalue weighted by Crippen LogP contribution is 2.20. The fourth-order valence-electron chi connectivity index (χ4n) is 3.22. The summed E-state index contributed by atoms with van der Waals surface area (Å²) in [5, 5.41) is 3.32. The van der Waals surface area contributed by atoms with Crippen molar-refractivity contribution < 1.29 is 0 Å². The van der Waals surface area contributed by atoms with Gasteiger partial charge in [0.05, 0.1) is 11.0 Å². The number of benzene rings is 1. The van der Waals surface area contributed by atoms with E-state index in [9.17, 15) is 4.79 Å². The second-order valence-electron chi connectivity index (χ2n) is 5.56. The number of aromatic nitrogens is 3. The maximum Gasteiger partial charge on any atom is 0.261 e. The lowest BCUT2D eigenvalue weighted by atomic mass is 10.3. The molecule has 3 heterocycles. The van der Waals surface area contributed by atoms with Crippen LogP contribution in [-0.2, 0) is 6.54 Å². The Hall–Kier alpha value is -2.34. The monoisotopic (exact) mass is 297 g/mol. The van der Waals surface area contributed by atoms with Crippen molar-refractivity contribution in [3.05, 3.63) is 40.7 Å². The van der Waals surface area contributed by atoms with Gasteiger partial charge in [0.15, 0.2) is 0 Å². The number of rotatable bonds is 2. The quantitative estimate of drug-likeness (QED) is 0.769. The largest absolute Gasteiger partial charge is 0.354 e. The molecule has 1 N–H and O–H groups in total. The standard InChI is InChI=1S/C16H19N5O/c1-2-20-12-5-3-4-6-13(12)21-15(22)11-14(18-16(20)21)19-9-7-17-8-10-19/h3-6,11,17H,2,7-10H2,1H3. The average Bonchev–Trinajstić information content (AvgIpc) is 2.89. The lowest BCUT2D eigenvalue weighted by molar-refractivity contribution is 0.584. The number of para-hydroxylation sites is 2. The van der Waals surface area contributed by atoms with Crippen LogP contribution in [0.15, 0.2) is 35.1 Å². The second kappa shape index (κ2) is 5.14. The third-order valence-corrected chi connectivity index (χ3v) is 4.30. The maximum atomic E-state index is 12.7. The normalized spacial score (nSPS) is 15.8. The molecule has 6 heteroatoms. The number of hydrogen-bond donors (Lipinski definition) is 1. The van der Waals surface area contributed by atoms with E-state index < -0.39 is 0 Å². The van der Waals surface area contributed by atoms with Gasteiger partial charge in [-0.05, 0) is 19.1 Å². The summed E-state index contributed by atoms with van der Waals surface area (Å²) in [5.74, 6) is 1.51. The Morgan fingerprint density at radius 2 is 1.91 bits per heavy atom. The molecule has 1 fully saturated rings. The first-order valence-corrected chi connectivity index (χ1v) is 7.76. The molecule has 6 nitrogen and oxygen atoms in total. The maximum absolute atomic E-state index is 12.7. The molecule has 0 radical (unpaired) electrons. The van der Waals surface area contributed by atoms with Gasteiger partial charge < -0.3 is 14.8 Å². The fourth-order valence-corrected chi connectivity index (χ4v) is 3.22. The van der Waals surface area contributed by atoms with Gasteiger partial charge in [-0.1, -0.05) is 12.1 Å². The van der Waals surface area contributed by atoms with Gasteiger partial charge in [0.2, 0.25) is 5.78 Å². The van der Waals surface area contributed by atoms with Crippen molar-refractivity contribution in [3.63, 3.8) is 0 Å². The Morgan fingerprint density at radius 3 is 2.64 bits per heavy atom. The lowest BCUT2D eigenvalue weighted by Crippen LogP contribution is -2.44. The Kier molecular flexibility index (Phi) is 3.11. The summed E-state index contributed by atoms with van der Waals surface area (Å²) in [7, 11) is 0. The van der Waals surface area contributed by atoms with E-state index in [2.05, 4.69) is 21.7 Å². The van der Waals surface area contributed by atoms with E-state index in [1.807, 2.05) is 24.3 Å². The van der Waals surface area contributed by atoms with Gasteiger partial charge in [-0.2, -0.15) is 4.98 Å². The summed E-state index contributed by atoms with van der Waals surface area (Å²) in [6, 6.07) is 9.62. The smallest absolute Gasteiger partial charge is 0.261 e. The van der Waals surface area contributed by atoms with Crippen molar-refractivity contribution in [1.82, 2.24) is 19.3 Å². The van der Waals surface area contributed by atoms with Crippen molar-refractivity contribution in [2.75, 3.05) is 31.1 Å². The van der Waals surface area contributed by atoms with Crippen molar-refractivity contribution in [1.29, 1.82) is 0 Å². The van der Waals surface area contributed by atoms with E-state index in [-0.39, 0.29) is 5.56 Å². The van der Waals surface area contributed by atoms with Gasteiger partial charge in [0, 0.05) is 38.8 Å². The molecule has 1 aliphatic rings. The van der Waals surface area contributed by atoms with E-state index in [1.54, 1.807) is 10.5 Å². The third kappa shape index (κ3) is 1.91. The minimum absolute atomic E-state index is 0.0121. The summed E-state index contributed by atoms with van der Waals surface area (Å²) in [6.07, 6.45) is 0. The van der Waals surface area contributed by atoms with Crippen LogP contribution in [0, 0.1) is 0 Å². The number of imidazole rings is 1. The van der Waals surface area contributed by atoms with Gasteiger partial charge in [0.25, 0.3) is 5.56 Å². The Labute approximate surface area is 128 Å². The molecule has 0 aliphatic carbocycles. The lowest BCUT2D eigenvalue weighted by Gasteiger charge is -2.28. The average molecular weight is 297 g/mol. The molecule has 0 bridgehead atoms. The van der Waals surface area contributed by atoms with Gasteiger partial charge in [0.1, 0.15) is 5.82 Å². The minimum atomic E-state index is -0.0121. The van der Waals surface area contributed by atoms with Crippen LogP contribution in [0.4, 0.5) is 5.82 Å². The summed E-state index contributed by atoms with van der Waals surface area (Å²) in [6.45, 7) is 6.49. The molecule has 114 valence electrons. The molecular formula is C16H19N5O. The number of aryl methyl sites for hydroxylation is 1. The van der Waals surface area contributed by atoms with E-state index >= 15 is 0 Å². The number of piperazine rings is 1. The highest BCUT2D eigenvalue weighted by molar-refractivity contribution is 5.81. The number of anilines is 1. The van der Waals surface area contributed by atoms with Crippen molar-refractivity contribution >= 4 is 22.6 Å². The second-order valence-corrected chi connectivity index (χ2v) is 5.56. The van der Waals surface area contributed by atoms with E-state index in [1.165, 1.54) is 0 Å². The van der Waals surface area contributed by atoms with Crippen LogP contribution < -0.4 is 15.8 Å². The topological polar surface area (TPSA) is 54.6 Å². The van der Waals surface area contributed by atoms with Crippen LogP contribution in [0.25, 0.3) is 16.8 Å². The van der Waals surface area contributed by atoms with Crippen molar-refractivity contribution in [3.8, 4) is 0 Å². The van der Waals surface area contributed by atoms with Gasteiger partial charge >= 0.3 is 0 Å². The van der Waals surface area contributed by atoms with Gasteiger partial charge in [-0.25, -0.2) is 4.40 Å². The van der Waals surface area contributed by atoms with Crippen LogP contribution in [0.3, 0.4) is 0 Å². The molecular weight excluding hydrogens is 278 g/mol. The zero-order chi connectivity index (χ0) is 15.1. The first-order valence-electron chi connectivity index (χ1n) is 7.76. The summed E-state index contributed by atoms with van der Waals surface area (Å²) >= 11 is 0. The highest BCUT2D eigenvalue weighted by Gasteiger charge is 2.17. The van der Waals surface area contributed by atoms with Crippen molar-refractivity contribution in [2.45, 2.75) is 13.5 Å². The fraction of sp³-hybridized carbons (Fsp3) is 0.375. The Balaban J connectivity index is 2.00. The van der Waals surface area contributed by atoms with Crippen LogP contribution in [0.1, 0.15) is 6.92 Å². The highest BCUT2D eigenvalue weighted by atomic mass is 16.1. The number of nitrogens with one attached hydrogen (secondary N) is 1. The number of fused-ring (bicyclic) bond motifs is 3.